The van der Waals surface area contributed by atoms with Crippen LogP contribution in [0.15, 0.2) is 18.2 Å². The van der Waals surface area contributed by atoms with Gasteiger partial charge in [0.2, 0.25) is 0 Å². The standard InChI is InChI=1S/C10H9BrF3NO2/c1-5(11)9(16)7-4-6(2-3-8(7)15)17-10(12,13)14/h2-5H,15H2,1H3. The number of anilines is 1. The first-order chi connectivity index (χ1) is 7.70. The van der Waals surface area contributed by atoms with Crippen LogP contribution in [0.1, 0.15) is 17.3 Å². The number of halogens is 4. The van der Waals surface area contributed by atoms with Gasteiger partial charge in [0, 0.05) is 11.3 Å². The highest BCUT2D eigenvalue weighted by Gasteiger charge is 2.31. The number of ketones is 1. The van der Waals surface area contributed by atoms with Gasteiger partial charge < -0.3 is 10.5 Å². The molecule has 3 nitrogen and oxygen atoms in total. The van der Waals surface area contributed by atoms with E-state index in [-0.39, 0.29) is 11.3 Å². The highest BCUT2D eigenvalue weighted by atomic mass is 79.9. The van der Waals surface area contributed by atoms with Crippen molar-refractivity contribution >= 4 is 27.4 Å². The number of Topliss-reactive ketones (excluding diaryl/α,β-unsaturated/α-hetero) is 1. The molecule has 17 heavy (non-hydrogen) atoms. The summed E-state index contributed by atoms with van der Waals surface area (Å²) in [5, 5.41) is 0. The Morgan fingerprint density at radius 3 is 2.53 bits per heavy atom. The Morgan fingerprint density at radius 2 is 2.06 bits per heavy atom. The van der Waals surface area contributed by atoms with Gasteiger partial charge in [-0.2, -0.15) is 0 Å². The van der Waals surface area contributed by atoms with E-state index in [0.29, 0.717) is 0 Å². The van der Waals surface area contributed by atoms with E-state index in [4.69, 9.17) is 5.73 Å². The molecule has 0 fully saturated rings. The molecule has 1 unspecified atom stereocenters. The average molecular weight is 312 g/mol. The average Bonchev–Trinajstić information content (AvgIpc) is 2.17. The molecule has 0 aliphatic heterocycles. The number of carbonyl (C=O) groups is 1. The van der Waals surface area contributed by atoms with Crippen LogP contribution in [0.3, 0.4) is 0 Å². The second-order valence-electron chi connectivity index (χ2n) is 3.28. The number of hydrogen-bond donors (Lipinski definition) is 1. The highest BCUT2D eigenvalue weighted by molar-refractivity contribution is 9.10. The quantitative estimate of drug-likeness (QED) is 0.530. The van der Waals surface area contributed by atoms with Crippen molar-refractivity contribution in [2.45, 2.75) is 18.1 Å². The molecule has 0 heterocycles. The second-order valence-corrected chi connectivity index (χ2v) is 4.65. The van der Waals surface area contributed by atoms with Crippen molar-refractivity contribution in [3.63, 3.8) is 0 Å². The first-order valence-electron chi connectivity index (χ1n) is 4.54. The van der Waals surface area contributed by atoms with Gasteiger partial charge in [-0.25, -0.2) is 0 Å². The fourth-order valence-corrected chi connectivity index (χ4v) is 1.41. The Labute approximate surface area is 104 Å². The molecule has 0 aliphatic rings. The molecule has 0 bridgehead atoms. The molecule has 1 atom stereocenters. The number of hydrogen-bond acceptors (Lipinski definition) is 3. The Hall–Kier alpha value is -1.24. The van der Waals surface area contributed by atoms with E-state index < -0.39 is 22.7 Å². The third kappa shape index (κ3) is 3.92. The van der Waals surface area contributed by atoms with Gasteiger partial charge >= 0.3 is 6.36 Å². The lowest BCUT2D eigenvalue weighted by atomic mass is 10.1. The van der Waals surface area contributed by atoms with Crippen LogP contribution in [0.5, 0.6) is 5.75 Å². The third-order valence-electron chi connectivity index (χ3n) is 1.89. The Kier molecular flexibility index (Phi) is 4.03. The molecule has 0 aliphatic carbocycles. The lowest BCUT2D eigenvalue weighted by Gasteiger charge is -2.12. The van der Waals surface area contributed by atoms with Crippen LogP contribution in [-0.2, 0) is 0 Å². The predicted octanol–water partition coefficient (Wildman–Crippen LogP) is 3.13. The molecule has 0 spiro atoms. The second kappa shape index (κ2) is 4.95. The first-order valence-corrected chi connectivity index (χ1v) is 5.46. The molecule has 0 radical (unpaired) electrons. The summed E-state index contributed by atoms with van der Waals surface area (Å²) in [5.74, 6) is -0.877. The van der Waals surface area contributed by atoms with E-state index in [2.05, 4.69) is 20.7 Å². The maximum Gasteiger partial charge on any atom is 0.573 e. The minimum Gasteiger partial charge on any atom is -0.406 e. The molecule has 0 aromatic heterocycles. The summed E-state index contributed by atoms with van der Waals surface area (Å²) in [6.45, 7) is 1.55. The zero-order valence-corrected chi connectivity index (χ0v) is 10.3. The highest BCUT2D eigenvalue weighted by Crippen LogP contribution is 2.27. The van der Waals surface area contributed by atoms with E-state index in [9.17, 15) is 18.0 Å². The van der Waals surface area contributed by atoms with Gasteiger partial charge in [0.15, 0.2) is 5.78 Å². The summed E-state index contributed by atoms with van der Waals surface area (Å²) in [4.78, 5) is 11.1. The van der Waals surface area contributed by atoms with Gasteiger partial charge in [0.1, 0.15) is 5.75 Å². The molecule has 1 aromatic carbocycles. The SMILES string of the molecule is CC(Br)C(=O)c1cc(OC(F)(F)F)ccc1N. The number of nitrogens with two attached hydrogens (primary N) is 1. The van der Waals surface area contributed by atoms with E-state index >= 15 is 0 Å². The van der Waals surface area contributed by atoms with Crippen LogP contribution in [0.4, 0.5) is 18.9 Å². The normalized spacial score (nSPS) is 13.2. The van der Waals surface area contributed by atoms with Crippen LogP contribution < -0.4 is 10.5 Å². The van der Waals surface area contributed by atoms with E-state index in [0.717, 1.165) is 12.1 Å². The monoisotopic (exact) mass is 311 g/mol. The molecule has 7 heteroatoms. The van der Waals surface area contributed by atoms with Crippen molar-refractivity contribution in [3.8, 4) is 5.75 Å². The number of benzene rings is 1. The topological polar surface area (TPSA) is 52.3 Å². The van der Waals surface area contributed by atoms with Crippen molar-refractivity contribution in [1.82, 2.24) is 0 Å². The number of nitrogen functional groups attached to an aromatic ring is 1. The van der Waals surface area contributed by atoms with Crippen LogP contribution in [0.2, 0.25) is 0 Å². The van der Waals surface area contributed by atoms with Crippen LogP contribution in [-0.4, -0.2) is 17.0 Å². The molecule has 1 aromatic rings. The minimum atomic E-state index is -4.80. The Morgan fingerprint density at radius 1 is 1.47 bits per heavy atom. The van der Waals surface area contributed by atoms with Gasteiger partial charge in [0.05, 0.1) is 4.83 Å². The first kappa shape index (κ1) is 13.8. The zero-order valence-electron chi connectivity index (χ0n) is 8.72. The molecule has 0 amide bonds. The molecule has 2 N–H and O–H groups in total. The number of alkyl halides is 4. The Balaban J connectivity index is 3.07. The Bertz CT molecular complexity index is 432. The van der Waals surface area contributed by atoms with Crippen LogP contribution in [0.25, 0.3) is 0 Å². The summed E-state index contributed by atoms with van der Waals surface area (Å²) in [5.41, 5.74) is 5.62. The fourth-order valence-electron chi connectivity index (χ4n) is 1.16. The molecule has 0 saturated heterocycles. The van der Waals surface area contributed by atoms with E-state index in [1.807, 2.05) is 0 Å². The maximum atomic E-state index is 12.0. The van der Waals surface area contributed by atoms with Crippen LogP contribution >= 0.6 is 15.9 Å². The van der Waals surface area contributed by atoms with E-state index in [1.54, 1.807) is 6.92 Å². The van der Waals surface area contributed by atoms with Crippen molar-refractivity contribution in [2.75, 3.05) is 5.73 Å². The maximum absolute atomic E-state index is 12.0. The van der Waals surface area contributed by atoms with Crippen molar-refractivity contribution in [1.29, 1.82) is 0 Å². The van der Waals surface area contributed by atoms with Gasteiger partial charge in [-0.3, -0.25) is 4.79 Å². The summed E-state index contributed by atoms with van der Waals surface area (Å²) in [6, 6.07) is 3.23. The lowest BCUT2D eigenvalue weighted by Crippen LogP contribution is -2.18. The smallest absolute Gasteiger partial charge is 0.406 e. The van der Waals surface area contributed by atoms with Gasteiger partial charge in [-0.15, -0.1) is 13.2 Å². The van der Waals surface area contributed by atoms with Crippen molar-refractivity contribution in [3.05, 3.63) is 23.8 Å². The number of carbonyl (C=O) groups excluding carboxylic acids is 1. The van der Waals surface area contributed by atoms with Crippen molar-refractivity contribution in [2.24, 2.45) is 0 Å². The van der Waals surface area contributed by atoms with E-state index in [1.165, 1.54) is 6.07 Å². The van der Waals surface area contributed by atoms with Crippen molar-refractivity contribution < 1.29 is 22.7 Å². The summed E-state index contributed by atoms with van der Waals surface area (Å²) in [6.07, 6.45) is -4.80. The minimum absolute atomic E-state index is 0.00359. The molecular weight excluding hydrogens is 303 g/mol. The lowest BCUT2D eigenvalue weighted by molar-refractivity contribution is -0.274. The van der Waals surface area contributed by atoms with Gasteiger partial charge in [-0.1, -0.05) is 15.9 Å². The summed E-state index contributed by atoms with van der Waals surface area (Å²) >= 11 is 3.03. The molecule has 0 saturated carbocycles. The molecule has 94 valence electrons. The summed E-state index contributed by atoms with van der Waals surface area (Å²) in [7, 11) is 0. The largest absolute Gasteiger partial charge is 0.573 e. The predicted molar refractivity (Wildman–Crippen MR) is 60.3 cm³/mol. The number of ether oxygens (including phenoxy) is 1. The number of rotatable bonds is 3. The van der Waals surface area contributed by atoms with Gasteiger partial charge in [0.25, 0.3) is 0 Å². The fraction of sp³-hybridized carbons (Fsp3) is 0.300. The zero-order chi connectivity index (χ0) is 13.2. The summed E-state index contributed by atoms with van der Waals surface area (Å²) < 4.78 is 39.7. The van der Waals surface area contributed by atoms with Crippen LogP contribution in [0, 0.1) is 0 Å². The molecular formula is C10H9BrF3NO2. The van der Waals surface area contributed by atoms with Gasteiger partial charge in [-0.05, 0) is 25.1 Å². The molecule has 1 rings (SSSR count). The third-order valence-corrected chi connectivity index (χ3v) is 2.30.